The number of aliphatic imine (C=N–C) groups is 1. The summed E-state index contributed by atoms with van der Waals surface area (Å²) in [6.07, 6.45) is 1.05. The molecule has 0 atom stereocenters. The van der Waals surface area contributed by atoms with E-state index in [1.54, 1.807) is 0 Å². The summed E-state index contributed by atoms with van der Waals surface area (Å²) in [4.78, 5) is 7.33. The number of hydrogen-bond donors (Lipinski definition) is 0. The fourth-order valence-corrected chi connectivity index (χ4v) is 3.85. The second-order valence-corrected chi connectivity index (χ2v) is 7.37. The number of rotatable bonds is 2. The van der Waals surface area contributed by atoms with Gasteiger partial charge in [0.25, 0.3) is 0 Å². The van der Waals surface area contributed by atoms with Gasteiger partial charge in [-0.3, -0.25) is 0 Å². The normalized spacial score (nSPS) is 15.6. The minimum absolute atomic E-state index is 0.717. The van der Waals surface area contributed by atoms with Crippen LogP contribution in [0.4, 0.5) is 5.69 Å². The molecule has 0 unspecified atom stereocenters. The van der Waals surface area contributed by atoms with Crippen molar-refractivity contribution in [3.05, 3.63) is 77.9 Å². The number of benzene rings is 3. The van der Waals surface area contributed by atoms with Gasteiger partial charge in [0.1, 0.15) is 17.3 Å². The van der Waals surface area contributed by atoms with Gasteiger partial charge in [0, 0.05) is 13.1 Å². The molecule has 0 aliphatic carbocycles. The standard InChI is InChI=1S/C25H24N2O2/c1-2-18-7-9-19(10-8-18)20-11-12-23-21(17-20)25(27-13-15-28-16-14-27)26-22-5-3-4-6-24(22)29-23/h3-12,17H,2,13-16H2,1H3. The lowest BCUT2D eigenvalue weighted by molar-refractivity contribution is 0.0683. The molecule has 0 spiro atoms. The van der Waals surface area contributed by atoms with Crippen molar-refractivity contribution >= 4 is 11.5 Å². The average Bonchev–Trinajstić information content (AvgIpc) is 2.96. The molecular formula is C25H24N2O2. The van der Waals surface area contributed by atoms with Crippen molar-refractivity contribution in [2.75, 3.05) is 26.3 Å². The maximum absolute atomic E-state index is 6.28. The van der Waals surface area contributed by atoms with Crippen LogP contribution in [0.15, 0.2) is 71.7 Å². The van der Waals surface area contributed by atoms with E-state index in [2.05, 4.69) is 54.3 Å². The summed E-state index contributed by atoms with van der Waals surface area (Å²) in [6.45, 7) is 5.27. The summed E-state index contributed by atoms with van der Waals surface area (Å²) in [7, 11) is 0. The zero-order valence-electron chi connectivity index (χ0n) is 16.6. The Hall–Kier alpha value is -3.11. The molecule has 5 rings (SSSR count). The lowest BCUT2D eigenvalue weighted by Crippen LogP contribution is -2.41. The molecule has 1 fully saturated rings. The molecule has 0 N–H and O–H groups in total. The molecule has 3 aromatic rings. The Morgan fingerprint density at radius 2 is 1.62 bits per heavy atom. The number of fused-ring (bicyclic) bond motifs is 2. The third kappa shape index (κ3) is 3.52. The SMILES string of the molecule is CCc1ccc(-c2ccc3c(c2)C(N2CCOCC2)=Nc2ccccc2O3)cc1. The van der Waals surface area contributed by atoms with E-state index in [4.69, 9.17) is 14.5 Å². The van der Waals surface area contributed by atoms with Crippen molar-refractivity contribution in [1.29, 1.82) is 0 Å². The second kappa shape index (κ2) is 7.72. The predicted molar refractivity (Wildman–Crippen MR) is 116 cm³/mol. The van der Waals surface area contributed by atoms with Crippen molar-refractivity contribution in [2.24, 2.45) is 4.99 Å². The van der Waals surface area contributed by atoms with Crippen molar-refractivity contribution < 1.29 is 9.47 Å². The topological polar surface area (TPSA) is 34.1 Å². The highest BCUT2D eigenvalue weighted by molar-refractivity contribution is 6.04. The molecule has 0 saturated carbocycles. The van der Waals surface area contributed by atoms with E-state index >= 15 is 0 Å². The van der Waals surface area contributed by atoms with Crippen molar-refractivity contribution in [3.63, 3.8) is 0 Å². The first-order chi connectivity index (χ1) is 14.3. The maximum Gasteiger partial charge on any atom is 0.153 e. The van der Waals surface area contributed by atoms with E-state index in [9.17, 15) is 0 Å². The molecule has 4 nitrogen and oxygen atoms in total. The minimum atomic E-state index is 0.717. The molecule has 3 aromatic carbocycles. The molecule has 2 aliphatic rings. The number of nitrogens with zero attached hydrogens (tertiary/aromatic N) is 2. The van der Waals surface area contributed by atoms with Crippen LogP contribution in [0.1, 0.15) is 18.1 Å². The van der Waals surface area contributed by atoms with Gasteiger partial charge in [0.2, 0.25) is 0 Å². The summed E-state index contributed by atoms with van der Waals surface area (Å²) in [5, 5.41) is 0. The zero-order valence-corrected chi connectivity index (χ0v) is 16.6. The molecule has 1 saturated heterocycles. The molecular weight excluding hydrogens is 360 g/mol. The summed E-state index contributed by atoms with van der Waals surface area (Å²) in [5.74, 6) is 2.59. The van der Waals surface area contributed by atoms with Crippen LogP contribution in [0.5, 0.6) is 11.5 Å². The van der Waals surface area contributed by atoms with E-state index in [0.717, 1.165) is 61.3 Å². The van der Waals surface area contributed by atoms with Crippen LogP contribution < -0.4 is 4.74 Å². The van der Waals surface area contributed by atoms with Crippen LogP contribution in [0.2, 0.25) is 0 Å². The van der Waals surface area contributed by atoms with Gasteiger partial charge < -0.3 is 14.4 Å². The first-order valence-corrected chi connectivity index (χ1v) is 10.2. The zero-order chi connectivity index (χ0) is 19.6. The van der Waals surface area contributed by atoms with Crippen LogP contribution in [0.3, 0.4) is 0 Å². The molecule has 0 radical (unpaired) electrons. The summed E-state index contributed by atoms with van der Waals surface area (Å²) < 4.78 is 11.8. The Morgan fingerprint density at radius 3 is 2.41 bits per heavy atom. The fraction of sp³-hybridized carbons (Fsp3) is 0.240. The van der Waals surface area contributed by atoms with Crippen molar-refractivity contribution in [1.82, 2.24) is 4.90 Å². The first-order valence-electron chi connectivity index (χ1n) is 10.2. The Kier molecular flexibility index (Phi) is 4.78. The summed E-state index contributed by atoms with van der Waals surface area (Å²) in [6, 6.07) is 23.1. The molecule has 0 aromatic heterocycles. The summed E-state index contributed by atoms with van der Waals surface area (Å²) in [5.41, 5.74) is 5.60. The van der Waals surface area contributed by atoms with Crippen LogP contribution >= 0.6 is 0 Å². The highest BCUT2D eigenvalue weighted by atomic mass is 16.5. The monoisotopic (exact) mass is 384 g/mol. The van der Waals surface area contributed by atoms with E-state index in [-0.39, 0.29) is 0 Å². The Balaban J connectivity index is 1.62. The fourth-order valence-electron chi connectivity index (χ4n) is 3.85. The third-order valence-electron chi connectivity index (χ3n) is 5.54. The summed E-state index contributed by atoms with van der Waals surface area (Å²) >= 11 is 0. The average molecular weight is 384 g/mol. The number of aryl methyl sites for hydroxylation is 1. The number of ether oxygens (including phenoxy) is 2. The molecule has 146 valence electrons. The molecule has 0 amide bonds. The van der Waals surface area contributed by atoms with Gasteiger partial charge in [-0.05, 0) is 47.4 Å². The Labute approximate surface area is 171 Å². The van der Waals surface area contributed by atoms with Gasteiger partial charge in [-0.2, -0.15) is 0 Å². The third-order valence-corrected chi connectivity index (χ3v) is 5.54. The lowest BCUT2D eigenvalue weighted by Gasteiger charge is -2.30. The van der Waals surface area contributed by atoms with E-state index in [1.165, 1.54) is 16.7 Å². The second-order valence-electron chi connectivity index (χ2n) is 7.37. The van der Waals surface area contributed by atoms with Gasteiger partial charge in [0.05, 0.1) is 18.8 Å². The number of amidine groups is 1. The smallest absolute Gasteiger partial charge is 0.153 e. The van der Waals surface area contributed by atoms with Gasteiger partial charge in [-0.1, -0.05) is 49.4 Å². The molecule has 2 heterocycles. The molecule has 4 heteroatoms. The van der Waals surface area contributed by atoms with Crippen molar-refractivity contribution in [2.45, 2.75) is 13.3 Å². The van der Waals surface area contributed by atoms with Gasteiger partial charge in [-0.25, -0.2) is 4.99 Å². The molecule has 0 bridgehead atoms. The molecule has 29 heavy (non-hydrogen) atoms. The number of morpholine rings is 1. The Morgan fingerprint density at radius 1 is 0.862 bits per heavy atom. The predicted octanol–water partition coefficient (Wildman–Crippen LogP) is 5.43. The van der Waals surface area contributed by atoms with E-state index < -0.39 is 0 Å². The quantitative estimate of drug-likeness (QED) is 0.591. The van der Waals surface area contributed by atoms with Crippen LogP contribution in [0, 0.1) is 0 Å². The van der Waals surface area contributed by atoms with Gasteiger partial charge >= 0.3 is 0 Å². The van der Waals surface area contributed by atoms with Gasteiger partial charge in [0.15, 0.2) is 5.75 Å². The van der Waals surface area contributed by atoms with E-state index in [1.807, 2.05) is 24.3 Å². The van der Waals surface area contributed by atoms with Gasteiger partial charge in [-0.15, -0.1) is 0 Å². The Bertz CT molecular complexity index is 1050. The number of hydrogen-bond acceptors (Lipinski definition) is 4. The van der Waals surface area contributed by atoms with Crippen molar-refractivity contribution in [3.8, 4) is 22.6 Å². The minimum Gasteiger partial charge on any atom is -0.454 e. The van der Waals surface area contributed by atoms with Crippen LogP contribution in [0.25, 0.3) is 11.1 Å². The largest absolute Gasteiger partial charge is 0.454 e. The lowest BCUT2D eigenvalue weighted by atomic mass is 10.00. The first kappa shape index (κ1) is 18.0. The highest BCUT2D eigenvalue weighted by Gasteiger charge is 2.24. The number of para-hydroxylation sites is 2. The van der Waals surface area contributed by atoms with Crippen LogP contribution in [-0.2, 0) is 11.2 Å². The maximum atomic E-state index is 6.28. The highest BCUT2D eigenvalue weighted by Crippen LogP contribution is 2.39. The van der Waals surface area contributed by atoms with E-state index in [0.29, 0.717) is 0 Å². The van der Waals surface area contributed by atoms with Crippen LogP contribution in [-0.4, -0.2) is 37.0 Å². The molecule has 2 aliphatic heterocycles.